The highest BCUT2D eigenvalue weighted by Gasteiger charge is 2.25. The molecule has 0 fully saturated rings. The van der Waals surface area contributed by atoms with Crippen LogP contribution in [0.2, 0.25) is 0 Å². The summed E-state index contributed by atoms with van der Waals surface area (Å²) in [5.41, 5.74) is 3.69. The number of hydrogen-bond acceptors (Lipinski definition) is 2. The Hall–Kier alpha value is -1.22. The van der Waals surface area contributed by atoms with E-state index in [2.05, 4.69) is 38.0 Å². The Bertz CT molecular complexity index is 525. The maximum Gasteiger partial charge on any atom is 0.106 e. The fraction of sp³-hybridized carbons (Fsp3) is 0.231. The van der Waals surface area contributed by atoms with E-state index >= 15 is 0 Å². The monoisotopic (exact) mass is 274 g/mol. The van der Waals surface area contributed by atoms with E-state index in [0.717, 1.165) is 23.1 Å². The minimum atomic E-state index is 0.369. The normalized spacial score (nSPS) is 18.4. The van der Waals surface area contributed by atoms with Gasteiger partial charge in [-0.1, -0.05) is 12.1 Å². The quantitative estimate of drug-likeness (QED) is 0.746. The topological polar surface area (TPSA) is 25.8 Å². The highest BCUT2D eigenvalue weighted by Crippen LogP contribution is 2.35. The summed E-state index contributed by atoms with van der Waals surface area (Å²) < 4.78 is 0.898. The molecule has 3 rings (SSSR count). The first-order chi connectivity index (χ1) is 7.84. The molecule has 80 valence electrons. The van der Waals surface area contributed by atoms with Crippen LogP contribution < -0.4 is 0 Å². The maximum atomic E-state index is 4.53. The zero-order valence-corrected chi connectivity index (χ0v) is 10.3. The van der Waals surface area contributed by atoms with Gasteiger partial charge in [0.15, 0.2) is 0 Å². The van der Waals surface area contributed by atoms with Gasteiger partial charge >= 0.3 is 0 Å². The number of aryl methyl sites for hydroxylation is 1. The molecule has 2 aromatic heterocycles. The Kier molecular flexibility index (Phi) is 2.48. The van der Waals surface area contributed by atoms with Crippen LogP contribution in [-0.2, 0) is 6.42 Å². The summed E-state index contributed by atoms with van der Waals surface area (Å²) in [5.74, 6) is 0.369. The molecule has 2 aromatic rings. The second-order valence-corrected chi connectivity index (χ2v) is 4.84. The fourth-order valence-electron chi connectivity index (χ4n) is 2.32. The van der Waals surface area contributed by atoms with Crippen LogP contribution in [0.1, 0.15) is 29.3 Å². The first-order valence-corrected chi connectivity index (χ1v) is 6.20. The molecule has 1 atom stereocenters. The summed E-state index contributed by atoms with van der Waals surface area (Å²) in [6, 6.07) is 10.3. The van der Waals surface area contributed by atoms with E-state index < -0.39 is 0 Å². The Morgan fingerprint density at radius 2 is 2.12 bits per heavy atom. The largest absolute Gasteiger partial charge is 0.260 e. The lowest BCUT2D eigenvalue weighted by molar-refractivity contribution is 0.744. The van der Waals surface area contributed by atoms with E-state index in [1.165, 1.54) is 11.3 Å². The summed E-state index contributed by atoms with van der Waals surface area (Å²) in [6.07, 6.45) is 4.10. The SMILES string of the molecule is Brc1cccc(C2CCc3cccnc32)n1. The van der Waals surface area contributed by atoms with Crippen LogP contribution in [0.3, 0.4) is 0 Å². The fourth-order valence-corrected chi connectivity index (χ4v) is 2.68. The molecule has 0 bridgehead atoms. The third-order valence-electron chi connectivity index (χ3n) is 3.05. The molecule has 3 heteroatoms. The molecule has 0 saturated heterocycles. The van der Waals surface area contributed by atoms with Crippen molar-refractivity contribution in [2.75, 3.05) is 0 Å². The molecule has 0 amide bonds. The van der Waals surface area contributed by atoms with Crippen molar-refractivity contribution in [1.82, 2.24) is 9.97 Å². The minimum Gasteiger partial charge on any atom is -0.260 e. The van der Waals surface area contributed by atoms with Gasteiger partial charge in [0.25, 0.3) is 0 Å². The molecule has 0 saturated carbocycles. The van der Waals surface area contributed by atoms with Gasteiger partial charge in [-0.2, -0.15) is 0 Å². The number of fused-ring (bicyclic) bond motifs is 1. The Labute approximate surface area is 103 Å². The van der Waals surface area contributed by atoms with Crippen molar-refractivity contribution < 1.29 is 0 Å². The molecular formula is C13H11BrN2. The van der Waals surface area contributed by atoms with Gasteiger partial charge in [-0.05, 0) is 52.5 Å². The van der Waals surface area contributed by atoms with Crippen molar-refractivity contribution in [3.8, 4) is 0 Å². The molecule has 2 nitrogen and oxygen atoms in total. The molecule has 1 unspecified atom stereocenters. The van der Waals surface area contributed by atoms with E-state index in [1.54, 1.807) is 0 Å². The van der Waals surface area contributed by atoms with Gasteiger partial charge in [-0.15, -0.1) is 0 Å². The summed E-state index contributed by atoms with van der Waals surface area (Å²) in [5, 5.41) is 0. The predicted octanol–water partition coefficient (Wildman–Crippen LogP) is 3.32. The van der Waals surface area contributed by atoms with Gasteiger partial charge in [0.2, 0.25) is 0 Å². The second-order valence-electron chi connectivity index (χ2n) is 4.02. The van der Waals surface area contributed by atoms with E-state index in [-0.39, 0.29) is 0 Å². The molecule has 1 aliphatic carbocycles. The lowest BCUT2D eigenvalue weighted by atomic mass is 10.0. The third kappa shape index (κ3) is 1.65. The maximum absolute atomic E-state index is 4.53. The van der Waals surface area contributed by atoms with Crippen molar-refractivity contribution >= 4 is 15.9 Å². The van der Waals surface area contributed by atoms with Gasteiger partial charge in [-0.25, -0.2) is 4.98 Å². The Morgan fingerprint density at radius 3 is 3.00 bits per heavy atom. The lowest BCUT2D eigenvalue weighted by Gasteiger charge is -2.09. The van der Waals surface area contributed by atoms with Crippen molar-refractivity contribution in [3.05, 3.63) is 58.1 Å². The van der Waals surface area contributed by atoms with Gasteiger partial charge in [0.1, 0.15) is 4.60 Å². The summed E-state index contributed by atoms with van der Waals surface area (Å²) in [6.45, 7) is 0. The number of halogens is 1. The first-order valence-electron chi connectivity index (χ1n) is 5.41. The number of hydrogen-bond donors (Lipinski definition) is 0. The molecule has 1 aliphatic rings. The molecule has 0 aliphatic heterocycles. The number of rotatable bonds is 1. The van der Waals surface area contributed by atoms with Gasteiger partial charge < -0.3 is 0 Å². The van der Waals surface area contributed by atoms with Gasteiger partial charge in [0.05, 0.1) is 11.4 Å². The predicted molar refractivity (Wildman–Crippen MR) is 66.3 cm³/mol. The van der Waals surface area contributed by atoms with E-state index in [9.17, 15) is 0 Å². The van der Waals surface area contributed by atoms with Crippen molar-refractivity contribution in [2.45, 2.75) is 18.8 Å². The highest BCUT2D eigenvalue weighted by molar-refractivity contribution is 9.10. The summed E-state index contributed by atoms with van der Waals surface area (Å²) >= 11 is 3.42. The van der Waals surface area contributed by atoms with E-state index in [1.807, 2.05) is 24.4 Å². The van der Waals surface area contributed by atoms with Crippen LogP contribution in [0.15, 0.2) is 41.1 Å². The average Bonchev–Trinajstić information content (AvgIpc) is 2.72. The van der Waals surface area contributed by atoms with Crippen LogP contribution in [0.4, 0.5) is 0 Å². The minimum absolute atomic E-state index is 0.369. The smallest absolute Gasteiger partial charge is 0.106 e. The average molecular weight is 275 g/mol. The zero-order chi connectivity index (χ0) is 11.0. The van der Waals surface area contributed by atoms with Crippen molar-refractivity contribution in [3.63, 3.8) is 0 Å². The molecular weight excluding hydrogens is 264 g/mol. The van der Waals surface area contributed by atoms with Crippen LogP contribution in [0, 0.1) is 0 Å². The van der Waals surface area contributed by atoms with Crippen LogP contribution in [0.5, 0.6) is 0 Å². The molecule has 16 heavy (non-hydrogen) atoms. The number of nitrogens with zero attached hydrogens (tertiary/aromatic N) is 2. The number of pyridine rings is 2. The Morgan fingerprint density at radius 1 is 1.19 bits per heavy atom. The number of aromatic nitrogens is 2. The molecule has 0 N–H and O–H groups in total. The molecule has 0 aromatic carbocycles. The molecule has 2 heterocycles. The summed E-state index contributed by atoms with van der Waals surface area (Å²) in [7, 11) is 0. The van der Waals surface area contributed by atoms with Crippen LogP contribution in [0.25, 0.3) is 0 Å². The lowest BCUT2D eigenvalue weighted by Crippen LogP contribution is -2.01. The third-order valence-corrected chi connectivity index (χ3v) is 3.49. The first kappa shape index (κ1) is 9.97. The summed E-state index contributed by atoms with van der Waals surface area (Å²) in [4.78, 5) is 9.02. The van der Waals surface area contributed by atoms with Crippen molar-refractivity contribution in [1.29, 1.82) is 0 Å². The van der Waals surface area contributed by atoms with Crippen molar-refractivity contribution in [2.24, 2.45) is 0 Å². The zero-order valence-electron chi connectivity index (χ0n) is 8.73. The van der Waals surface area contributed by atoms with E-state index in [4.69, 9.17) is 0 Å². The molecule has 0 radical (unpaired) electrons. The van der Waals surface area contributed by atoms with Crippen LogP contribution >= 0.6 is 15.9 Å². The van der Waals surface area contributed by atoms with Gasteiger partial charge in [0, 0.05) is 12.1 Å². The molecule has 0 spiro atoms. The van der Waals surface area contributed by atoms with Crippen LogP contribution in [-0.4, -0.2) is 9.97 Å². The van der Waals surface area contributed by atoms with Gasteiger partial charge in [-0.3, -0.25) is 4.98 Å². The standard InChI is InChI=1S/C13H11BrN2/c14-12-5-1-4-11(16-12)10-7-6-9-3-2-8-15-13(9)10/h1-5,8,10H,6-7H2. The Balaban J connectivity index is 2.05. The van der Waals surface area contributed by atoms with E-state index in [0.29, 0.717) is 5.92 Å². The highest BCUT2D eigenvalue weighted by atomic mass is 79.9. The second kappa shape index (κ2) is 3.98.